The highest BCUT2D eigenvalue weighted by Crippen LogP contribution is 2.68. The lowest BCUT2D eigenvalue weighted by molar-refractivity contribution is -0.211. The van der Waals surface area contributed by atoms with Crippen LogP contribution in [-0.2, 0) is 5.41 Å². The maximum Gasteiger partial charge on any atom is 0.111 e. The highest BCUT2D eigenvalue weighted by molar-refractivity contribution is 5.67. The van der Waals surface area contributed by atoms with E-state index in [-0.39, 0.29) is 17.7 Å². The number of aliphatic hydroxyl groups excluding tert-OH is 2. The summed E-state index contributed by atoms with van der Waals surface area (Å²) in [6.45, 7) is 2.19. The summed E-state index contributed by atoms with van der Waals surface area (Å²) in [6.07, 6.45) is 2.56. The van der Waals surface area contributed by atoms with Gasteiger partial charge in [0.15, 0.2) is 0 Å². The lowest BCUT2D eigenvalue weighted by atomic mass is 9.62. The van der Waals surface area contributed by atoms with Gasteiger partial charge >= 0.3 is 0 Å². The minimum absolute atomic E-state index is 0.126. The number of likely N-dealkylation sites (N-methyl/N-ethyl adjacent to an activating group) is 1. The van der Waals surface area contributed by atoms with E-state index in [9.17, 15) is 10.2 Å². The molecule has 1 aromatic carbocycles. The summed E-state index contributed by atoms with van der Waals surface area (Å²) in [6, 6.07) is 9.70. The van der Waals surface area contributed by atoms with E-state index in [1.54, 1.807) is 0 Å². The van der Waals surface area contributed by atoms with Crippen molar-refractivity contribution >= 4 is 5.69 Å². The van der Waals surface area contributed by atoms with Gasteiger partial charge in [-0.25, -0.2) is 0 Å². The lowest BCUT2D eigenvalue weighted by Gasteiger charge is -2.62. The smallest absolute Gasteiger partial charge is 0.111 e. The summed E-state index contributed by atoms with van der Waals surface area (Å²) < 4.78 is 0. The summed E-state index contributed by atoms with van der Waals surface area (Å²) >= 11 is 0. The van der Waals surface area contributed by atoms with Crippen LogP contribution in [0.4, 0.5) is 5.69 Å². The number of para-hydroxylation sites is 1. The van der Waals surface area contributed by atoms with Crippen LogP contribution >= 0.6 is 0 Å². The Bertz CT molecular complexity index is 723. The first kappa shape index (κ1) is 14.1. The van der Waals surface area contributed by atoms with Crippen LogP contribution in [0, 0.1) is 17.8 Å². The van der Waals surface area contributed by atoms with Gasteiger partial charge in [0.1, 0.15) is 6.23 Å². The average Bonchev–Trinajstić information content (AvgIpc) is 2.97. The molecular weight excluding hydrogens is 300 g/mol. The average molecular weight is 326 g/mol. The molecule has 5 heterocycles. The number of hydrogen-bond acceptors (Lipinski definition) is 4. The molecule has 0 aromatic heterocycles. The molecule has 0 amide bonds. The van der Waals surface area contributed by atoms with Crippen molar-refractivity contribution in [2.45, 2.75) is 62.1 Å². The largest absolute Gasteiger partial charge is 0.392 e. The molecule has 128 valence electrons. The van der Waals surface area contributed by atoms with Crippen molar-refractivity contribution in [3.63, 3.8) is 0 Å². The molecule has 5 fully saturated rings. The Morgan fingerprint density at radius 2 is 2.00 bits per heavy atom. The van der Waals surface area contributed by atoms with Gasteiger partial charge in [-0.3, -0.25) is 4.90 Å². The van der Waals surface area contributed by atoms with Crippen LogP contribution in [0.1, 0.15) is 31.7 Å². The molecule has 0 radical (unpaired) electrons. The Balaban J connectivity index is 1.60. The molecule has 4 heteroatoms. The molecule has 4 nitrogen and oxygen atoms in total. The number of benzene rings is 1. The van der Waals surface area contributed by atoms with Gasteiger partial charge in [0.25, 0.3) is 0 Å². The van der Waals surface area contributed by atoms with Crippen LogP contribution in [0.5, 0.6) is 0 Å². The zero-order chi connectivity index (χ0) is 16.4. The van der Waals surface area contributed by atoms with Gasteiger partial charge in [0, 0.05) is 42.1 Å². The van der Waals surface area contributed by atoms with Gasteiger partial charge in [0.2, 0.25) is 0 Å². The second-order valence-electron chi connectivity index (χ2n) is 8.81. The van der Waals surface area contributed by atoms with Crippen molar-refractivity contribution in [1.82, 2.24) is 4.90 Å². The zero-order valence-electron chi connectivity index (χ0n) is 14.3. The Morgan fingerprint density at radius 1 is 1.21 bits per heavy atom. The summed E-state index contributed by atoms with van der Waals surface area (Å²) in [5.74, 6) is 1.14. The fourth-order valence-corrected chi connectivity index (χ4v) is 7.88. The summed E-state index contributed by atoms with van der Waals surface area (Å²) in [7, 11) is 2.19. The van der Waals surface area contributed by atoms with Crippen LogP contribution in [-0.4, -0.2) is 52.6 Å². The molecule has 4 saturated heterocycles. The van der Waals surface area contributed by atoms with Crippen LogP contribution in [0.2, 0.25) is 0 Å². The predicted octanol–water partition coefficient (Wildman–Crippen LogP) is 1.55. The third-order valence-corrected chi connectivity index (χ3v) is 8.46. The van der Waals surface area contributed by atoms with Crippen molar-refractivity contribution < 1.29 is 10.2 Å². The van der Waals surface area contributed by atoms with Crippen molar-refractivity contribution in [3.8, 4) is 0 Å². The molecule has 5 bridgehead atoms. The summed E-state index contributed by atoms with van der Waals surface area (Å²) in [4.78, 5) is 4.83. The number of anilines is 1. The Morgan fingerprint density at radius 3 is 2.79 bits per heavy atom. The van der Waals surface area contributed by atoms with E-state index in [4.69, 9.17) is 0 Å². The monoisotopic (exact) mass is 326 g/mol. The van der Waals surface area contributed by atoms with Crippen molar-refractivity contribution in [3.05, 3.63) is 29.8 Å². The molecule has 1 saturated carbocycles. The molecule has 7 rings (SSSR count). The minimum atomic E-state index is -0.319. The molecule has 1 spiro atoms. The lowest BCUT2D eigenvalue weighted by Crippen LogP contribution is -2.72. The van der Waals surface area contributed by atoms with E-state index >= 15 is 0 Å². The van der Waals surface area contributed by atoms with Gasteiger partial charge in [0.05, 0.1) is 12.1 Å². The number of rotatable bonds is 1. The van der Waals surface area contributed by atoms with E-state index in [2.05, 4.69) is 48.0 Å². The van der Waals surface area contributed by atoms with E-state index in [0.29, 0.717) is 35.9 Å². The normalized spacial score (nSPS) is 55.8. The van der Waals surface area contributed by atoms with E-state index in [1.807, 2.05) is 0 Å². The molecule has 24 heavy (non-hydrogen) atoms. The van der Waals surface area contributed by atoms with Crippen LogP contribution in [0.25, 0.3) is 0 Å². The van der Waals surface area contributed by atoms with Gasteiger partial charge in [-0.2, -0.15) is 0 Å². The summed E-state index contributed by atoms with van der Waals surface area (Å²) in [5, 5.41) is 22.6. The van der Waals surface area contributed by atoms with Crippen LogP contribution < -0.4 is 4.90 Å². The van der Waals surface area contributed by atoms with Gasteiger partial charge in [-0.1, -0.05) is 25.1 Å². The number of fused-ring (bicyclic) bond motifs is 2. The van der Waals surface area contributed by atoms with Gasteiger partial charge in [-0.15, -0.1) is 0 Å². The van der Waals surface area contributed by atoms with Gasteiger partial charge in [-0.05, 0) is 36.8 Å². The first-order valence-electron chi connectivity index (χ1n) is 9.57. The van der Waals surface area contributed by atoms with Crippen molar-refractivity contribution in [2.24, 2.45) is 17.8 Å². The van der Waals surface area contributed by atoms with Gasteiger partial charge < -0.3 is 15.1 Å². The molecule has 5 aliphatic heterocycles. The molecule has 4 unspecified atom stereocenters. The number of hydrogen-bond donors (Lipinski definition) is 2. The maximum absolute atomic E-state index is 11.6. The fraction of sp³-hybridized carbons (Fsp3) is 0.700. The van der Waals surface area contributed by atoms with Crippen LogP contribution in [0.15, 0.2) is 24.3 Å². The molecule has 10 atom stereocenters. The third-order valence-electron chi connectivity index (χ3n) is 8.46. The zero-order valence-corrected chi connectivity index (χ0v) is 14.3. The minimum Gasteiger partial charge on any atom is -0.392 e. The highest BCUT2D eigenvalue weighted by atomic mass is 16.3. The fourth-order valence-electron chi connectivity index (χ4n) is 7.88. The van der Waals surface area contributed by atoms with E-state index in [1.165, 1.54) is 11.3 Å². The SMILES string of the molecule is CC[C@H]1C2CC3[C@@H]4N(C)c5ccccc5[C@]45C[C@@H](C2[C@H]5O)N3[C@@H]1O. The topological polar surface area (TPSA) is 46.9 Å². The second-order valence-corrected chi connectivity index (χ2v) is 8.81. The summed E-state index contributed by atoms with van der Waals surface area (Å²) in [5.41, 5.74) is 2.51. The third kappa shape index (κ3) is 1.20. The molecule has 2 N–H and O–H groups in total. The molecule has 1 aliphatic carbocycles. The molecule has 6 aliphatic rings. The Kier molecular flexibility index (Phi) is 2.45. The second kappa shape index (κ2) is 4.17. The Hall–Kier alpha value is -1.10. The first-order valence-corrected chi connectivity index (χ1v) is 9.57. The number of piperidine rings is 4. The van der Waals surface area contributed by atoms with E-state index in [0.717, 1.165) is 19.3 Å². The highest BCUT2D eigenvalue weighted by Gasteiger charge is 2.76. The standard InChI is InChI=1S/C20H26N2O2/c1-3-10-11-8-14-17-20(12-6-4-5-7-13(12)21(17)2)9-15(16(11)18(20)23)22(14)19(10)24/h4-7,10-11,14-19,23-24H,3,8-9H2,1-2H3/t10-,11?,14?,15-,16?,17-,18+,19+,20+/m0/s1. The quantitative estimate of drug-likeness (QED) is 0.822. The molecular formula is C20H26N2O2. The molecule has 1 aromatic rings. The number of nitrogens with zero attached hydrogens (tertiary/aromatic N) is 2. The Labute approximate surface area is 143 Å². The van der Waals surface area contributed by atoms with Crippen LogP contribution in [0.3, 0.4) is 0 Å². The first-order chi connectivity index (χ1) is 11.6. The number of aliphatic hydroxyl groups is 2. The van der Waals surface area contributed by atoms with E-state index < -0.39 is 0 Å². The van der Waals surface area contributed by atoms with Crippen molar-refractivity contribution in [2.75, 3.05) is 11.9 Å². The predicted molar refractivity (Wildman–Crippen MR) is 91.7 cm³/mol. The maximum atomic E-state index is 11.6. The van der Waals surface area contributed by atoms with Crippen molar-refractivity contribution in [1.29, 1.82) is 0 Å².